The van der Waals surface area contributed by atoms with E-state index < -0.39 is 35.2 Å². The maximum atomic E-state index is 12.8. The van der Waals surface area contributed by atoms with E-state index >= 15 is 0 Å². The Bertz CT molecular complexity index is 808. The first-order valence-corrected chi connectivity index (χ1v) is 7.69. The van der Waals surface area contributed by atoms with E-state index in [1.807, 2.05) is 0 Å². The normalized spacial score (nSPS) is 11.1. The number of hydrogen-bond donors (Lipinski definition) is 2. The smallest absolute Gasteiger partial charge is 0.417 e. The number of halogens is 4. The van der Waals surface area contributed by atoms with Gasteiger partial charge >= 0.3 is 6.18 Å². The first kappa shape index (κ1) is 19.6. The Morgan fingerprint density at radius 2 is 1.77 bits per heavy atom. The molecule has 0 aromatic heterocycles. The zero-order chi connectivity index (χ0) is 19.3. The van der Waals surface area contributed by atoms with Crippen molar-refractivity contribution in [1.82, 2.24) is 0 Å². The number of carbonyl (C=O) groups is 2. The van der Waals surface area contributed by atoms with Crippen LogP contribution in [0, 0.1) is 0 Å². The van der Waals surface area contributed by atoms with E-state index in [1.54, 1.807) is 24.3 Å². The fourth-order valence-corrected chi connectivity index (χ4v) is 2.30. The van der Waals surface area contributed by atoms with E-state index in [1.165, 1.54) is 6.07 Å². The molecule has 5 nitrogen and oxygen atoms in total. The molecule has 0 spiro atoms. The number of ether oxygens (including phenoxy) is 1. The van der Waals surface area contributed by atoms with Crippen molar-refractivity contribution in [3.05, 3.63) is 58.6 Å². The molecule has 0 aliphatic carbocycles. The Kier molecular flexibility index (Phi) is 6.10. The molecule has 2 rings (SSSR count). The van der Waals surface area contributed by atoms with Crippen LogP contribution in [-0.4, -0.2) is 18.4 Å². The third-order valence-electron chi connectivity index (χ3n) is 3.23. The predicted octanol–water partition coefficient (Wildman–Crippen LogP) is 3.40. The number of benzene rings is 2. The number of carbonyl (C=O) groups excluding carboxylic acids is 2. The zero-order valence-electron chi connectivity index (χ0n) is 13.3. The summed E-state index contributed by atoms with van der Waals surface area (Å²) in [6, 6.07) is 9.40. The summed E-state index contributed by atoms with van der Waals surface area (Å²) in [7, 11) is 0. The van der Waals surface area contributed by atoms with Crippen LogP contribution in [0.4, 0.5) is 18.9 Å². The monoisotopic (exact) mass is 386 g/mol. The van der Waals surface area contributed by atoms with E-state index in [0.29, 0.717) is 11.3 Å². The molecule has 0 unspecified atom stereocenters. The van der Waals surface area contributed by atoms with Gasteiger partial charge in [-0.25, -0.2) is 0 Å². The van der Waals surface area contributed by atoms with Crippen LogP contribution < -0.4 is 15.8 Å². The molecular weight excluding hydrogens is 373 g/mol. The van der Waals surface area contributed by atoms with Gasteiger partial charge in [0.05, 0.1) is 17.0 Å². The quantitative estimate of drug-likeness (QED) is 0.798. The Hall–Kier alpha value is -2.74. The van der Waals surface area contributed by atoms with Crippen molar-refractivity contribution in [2.24, 2.45) is 5.73 Å². The summed E-state index contributed by atoms with van der Waals surface area (Å²) in [4.78, 5) is 22.6. The highest BCUT2D eigenvalue weighted by atomic mass is 35.5. The van der Waals surface area contributed by atoms with Crippen molar-refractivity contribution in [2.45, 2.75) is 12.6 Å². The minimum absolute atomic E-state index is 0.0490. The van der Waals surface area contributed by atoms with Gasteiger partial charge < -0.3 is 15.8 Å². The number of anilines is 1. The topological polar surface area (TPSA) is 81.4 Å². The molecule has 0 aliphatic heterocycles. The van der Waals surface area contributed by atoms with Gasteiger partial charge in [-0.15, -0.1) is 0 Å². The third-order valence-corrected chi connectivity index (χ3v) is 3.56. The van der Waals surface area contributed by atoms with Crippen molar-refractivity contribution in [3.63, 3.8) is 0 Å². The van der Waals surface area contributed by atoms with E-state index in [-0.39, 0.29) is 12.1 Å². The lowest BCUT2D eigenvalue weighted by Crippen LogP contribution is -2.20. The number of amides is 2. The van der Waals surface area contributed by atoms with Crippen LogP contribution >= 0.6 is 11.6 Å². The standard InChI is InChI=1S/C17H14ClF3N2O3/c18-14-6-3-11(8-13(14)17(19,20)21)23-16(25)9-26-12-4-1-10(2-5-12)7-15(22)24/h1-6,8H,7,9H2,(H2,22,24)(H,23,25). The number of nitrogens with two attached hydrogens (primary N) is 1. The van der Waals surface area contributed by atoms with Crippen molar-refractivity contribution < 1.29 is 27.5 Å². The number of alkyl halides is 3. The van der Waals surface area contributed by atoms with E-state index in [9.17, 15) is 22.8 Å². The SMILES string of the molecule is NC(=O)Cc1ccc(OCC(=O)Nc2ccc(Cl)c(C(F)(F)F)c2)cc1. The molecule has 138 valence electrons. The molecule has 2 amide bonds. The van der Waals surface area contributed by atoms with Crippen LogP contribution in [0.5, 0.6) is 5.75 Å². The van der Waals surface area contributed by atoms with E-state index in [2.05, 4.69) is 5.32 Å². The fourth-order valence-electron chi connectivity index (χ4n) is 2.07. The van der Waals surface area contributed by atoms with Gasteiger partial charge in [-0.05, 0) is 35.9 Å². The van der Waals surface area contributed by atoms with Gasteiger partial charge in [-0.2, -0.15) is 13.2 Å². The Morgan fingerprint density at radius 3 is 2.35 bits per heavy atom. The Morgan fingerprint density at radius 1 is 1.12 bits per heavy atom. The molecule has 2 aromatic rings. The highest BCUT2D eigenvalue weighted by Crippen LogP contribution is 2.36. The summed E-state index contributed by atoms with van der Waals surface area (Å²) in [6.45, 7) is -0.404. The van der Waals surface area contributed by atoms with Crippen LogP contribution in [0.2, 0.25) is 5.02 Å². The van der Waals surface area contributed by atoms with Gasteiger partial charge in [0.2, 0.25) is 5.91 Å². The first-order chi connectivity index (χ1) is 12.1. The lowest BCUT2D eigenvalue weighted by atomic mass is 10.1. The molecule has 9 heteroatoms. The minimum atomic E-state index is -4.62. The maximum absolute atomic E-state index is 12.8. The third kappa shape index (κ3) is 5.66. The highest BCUT2D eigenvalue weighted by Gasteiger charge is 2.33. The molecule has 0 bridgehead atoms. The number of nitrogens with one attached hydrogen (secondary N) is 1. The van der Waals surface area contributed by atoms with Crippen LogP contribution in [0.25, 0.3) is 0 Å². The van der Waals surface area contributed by atoms with Crippen molar-refractivity contribution in [3.8, 4) is 5.75 Å². The summed E-state index contributed by atoms with van der Waals surface area (Å²) in [5.74, 6) is -0.749. The van der Waals surface area contributed by atoms with Crippen LogP contribution in [0.3, 0.4) is 0 Å². The summed E-state index contributed by atoms with van der Waals surface area (Å²) < 4.78 is 43.6. The molecule has 0 aliphatic rings. The molecule has 3 N–H and O–H groups in total. The van der Waals surface area contributed by atoms with Gasteiger partial charge in [0.15, 0.2) is 6.61 Å². The fraction of sp³-hybridized carbons (Fsp3) is 0.176. The van der Waals surface area contributed by atoms with Crippen molar-refractivity contribution in [2.75, 3.05) is 11.9 Å². The molecule has 0 saturated carbocycles. The molecule has 0 saturated heterocycles. The Labute approximate surface area is 151 Å². The summed E-state index contributed by atoms with van der Waals surface area (Å²) >= 11 is 5.52. The van der Waals surface area contributed by atoms with E-state index in [0.717, 1.165) is 12.1 Å². The van der Waals surface area contributed by atoms with Crippen molar-refractivity contribution in [1.29, 1.82) is 0 Å². The largest absolute Gasteiger partial charge is 0.484 e. The van der Waals surface area contributed by atoms with Gasteiger partial charge in [0.1, 0.15) is 5.75 Å². The van der Waals surface area contributed by atoms with Crippen LogP contribution in [0.1, 0.15) is 11.1 Å². The van der Waals surface area contributed by atoms with Gasteiger partial charge in [-0.1, -0.05) is 23.7 Å². The summed E-state index contributed by atoms with van der Waals surface area (Å²) in [6.07, 6.45) is -4.54. The van der Waals surface area contributed by atoms with Crippen molar-refractivity contribution >= 4 is 29.1 Å². The summed E-state index contributed by atoms with van der Waals surface area (Å²) in [5, 5.41) is 1.85. The van der Waals surface area contributed by atoms with Gasteiger partial charge in [-0.3, -0.25) is 9.59 Å². The summed E-state index contributed by atoms with van der Waals surface area (Å²) in [5.41, 5.74) is 4.68. The second kappa shape index (κ2) is 8.09. The maximum Gasteiger partial charge on any atom is 0.417 e. The van der Waals surface area contributed by atoms with Gasteiger partial charge in [0.25, 0.3) is 5.91 Å². The highest BCUT2D eigenvalue weighted by molar-refractivity contribution is 6.31. The van der Waals surface area contributed by atoms with Crippen LogP contribution in [-0.2, 0) is 22.2 Å². The van der Waals surface area contributed by atoms with Crippen LogP contribution in [0.15, 0.2) is 42.5 Å². The lowest BCUT2D eigenvalue weighted by Gasteiger charge is -2.12. The predicted molar refractivity (Wildman–Crippen MR) is 89.9 cm³/mol. The Balaban J connectivity index is 1.94. The average molecular weight is 387 g/mol. The second-order valence-electron chi connectivity index (χ2n) is 5.32. The molecule has 0 heterocycles. The lowest BCUT2D eigenvalue weighted by molar-refractivity contribution is -0.137. The molecule has 26 heavy (non-hydrogen) atoms. The first-order valence-electron chi connectivity index (χ1n) is 7.32. The van der Waals surface area contributed by atoms with Gasteiger partial charge in [0, 0.05) is 5.69 Å². The molecule has 0 fully saturated rings. The molecule has 0 atom stereocenters. The number of rotatable bonds is 6. The minimum Gasteiger partial charge on any atom is -0.484 e. The molecule has 2 aromatic carbocycles. The number of primary amides is 1. The van der Waals surface area contributed by atoms with E-state index in [4.69, 9.17) is 22.1 Å². The molecular formula is C17H14ClF3N2O3. The molecule has 0 radical (unpaired) electrons. The average Bonchev–Trinajstić information content (AvgIpc) is 2.54. The zero-order valence-corrected chi connectivity index (χ0v) is 14.0. The number of hydrogen-bond acceptors (Lipinski definition) is 3. The second-order valence-corrected chi connectivity index (χ2v) is 5.72.